The molecule has 1 heterocycles. The van der Waals surface area contributed by atoms with Crippen molar-refractivity contribution >= 4 is 6.09 Å². The number of nitrogens with zero attached hydrogens (tertiary/aromatic N) is 5. The van der Waals surface area contributed by atoms with Gasteiger partial charge in [0.15, 0.2) is 5.82 Å². The molecule has 0 unspecified atom stereocenters. The second kappa shape index (κ2) is 9.64. The minimum Gasteiger partial charge on any atom is -0.444 e. The van der Waals surface area contributed by atoms with E-state index in [4.69, 9.17) is 14.7 Å². The maximum atomic E-state index is 12.2. The van der Waals surface area contributed by atoms with E-state index in [2.05, 4.69) is 20.8 Å². The highest BCUT2D eigenvalue weighted by Gasteiger charge is 2.25. The van der Waals surface area contributed by atoms with Gasteiger partial charge in [0.25, 0.3) is 0 Å². The lowest BCUT2D eigenvalue weighted by Gasteiger charge is -2.23. The van der Waals surface area contributed by atoms with Crippen LogP contribution in [-0.4, -0.2) is 38.5 Å². The van der Waals surface area contributed by atoms with Gasteiger partial charge in [-0.05, 0) is 36.8 Å². The van der Waals surface area contributed by atoms with Crippen molar-refractivity contribution in [3.63, 3.8) is 0 Å². The molecule has 1 aromatic heterocycles. The SMILES string of the molecule is CC(C)(C)OC(=O)N[C@@H](COCc1ccccc1)c1nnnn1CCC#N. The van der Waals surface area contributed by atoms with Gasteiger partial charge in [-0.1, -0.05) is 30.3 Å². The highest BCUT2D eigenvalue weighted by atomic mass is 16.6. The van der Waals surface area contributed by atoms with Gasteiger partial charge in [0, 0.05) is 0 Å². The van der Waals surface area contributed by atoms with Gasteiger partial charge in [-0.2, -0.15) is 5.26 Å². The van der Waals surface area contributed by atoms with Gasteiger partial charge in [0.2, 0.25) is 0 Å². The van der Waals surface area contributed by atoms with Crippen molar-refractivity contribution < 1.29 is 14.3 Å². The molecule has 0 spiro atoms. The number of carbonyl (C=O) groups is 1. The number of rotatable bonds is 8. The molecule has 0 aliphatic rings. The molecule has 2 aromatic rings. The number of amides is 1. The van der Waals surface area contributed by atoms with Crippen LogP contribution in [0.4, 0.5) is 4.79 Å². The van der Waals surface area contributed by atoms with Gasteiger partial charge in [0.05, 0.1) is 32.2 Å². The number of hydrogen-bond acceptors (Lipinski definition) is 7. The molecule has 0 fully saturated rings. The van der Waals surface area contributed by atoms with Gasteiger partial charge in [-0.25, -0.2) is 9.48 Å². The number of hydrogen-bond donors (Lipinski definition) is 1. The third kappa shape index (κ3) is 7.03. The van der Waals surface area contributed by atoms with Crippen molar-refractivity contribution in [3.05, 3.63) is 41.7 Å². The molecule has 0 saturated heterocycles. The molecule has 1 N–H and O–H groups in total. The van der Waals surface area contributed by atoms with Crippen LogP contribution in [0.5, 0.6) is 0 Å². The highest BCUT2D eigenvalue weighted by molar-refractivity contribution is 5.68. The van der Waals surface area contributed by atoms with Crippen molar-refractivity contribution in [1.29, 1.82) is 5.26 Å². The summed E-state index contributed by atoms with van der Waals surface area (Å²) in [6, 6.07) is 11.1. The van der Waals surface area contributed by atoms with Gasteiger partial charge in [-0.15, -0.1) is 5.10 Å². The molecule has 0 aliphatic heterocycles. The van der Waals surface area contributed by atoms with Crippen LogP contribution < -0.4 is 5.32 Å². The van der Waals surface area contributed by atoms with E-state index in [-0.39, 0.29) is 13.0 Å². The Balaban J connectivity index is 2.07. The summed E-state index contributed by atoms with van der Waals surface area (Å²) >= 11 is 0. The van der Waals surface area contributed by atoms with E-state index in [0.29, 0.717) is 19.0 Å². The average Bonchev–Trinajstić information content (AvgIpc) is 3.07. The van der Waals surface area contributed by atoms with Crippen molar-refractivity contribution in [1.82, 2.24) is 25.5 Å². The molecule has 0 bridgehead atoms. The zero-order valence-electron chi connectivity index (χ0n) is 15.8. The minimum atomic E-state index is -0.633. The van der Waals surface area contributed by atoms with E-state index < -0.39 is 17.7 Å². The predicted molar refractivity (Wildman–Crippen MR) is 96.3 cm³/mol. The Morgan fingerprint density at radius 1 is 1.33 bits per heavy atom. The Morgan fingerprint density at radius 3 is 2.74 bits per heavy atom. The van der Waals surface area contributed by atoms with Crippen LogP contribution >= 0.6 is 0 Å². The fourth-order valence-corrected chi connectivity index (χ4v) is 2.28. The van der Waals surface area contributed by atoms with Crippen molar-refractivity contribution in [2.75, 3.05) is 6.61 Å². The van der Waals surface area contributed by atoms with Crippen LogP contribution in [0.3, 0.4) is 0 Å². The largest absolute Gasteiger partial charge is 0.444 e. The molecular formula is C18H24N6O3. The molecular weight excluding hydrogens is 348 g/mol. The van der Waals surface area contributed by atoms with Gasteiger partial charge >= 0.3 is 6.09 Å². The number of nitriles is 1. The van der Waals surface area contributed by atoms with Crippen LogP contribution in [0.2, 0.25) is 0 Å². The lowest BCUT2D eigenvalue weighted by Crippen LogP contribution is -2.38. The van der Waals surface area contributed by atoms with E-state index in [1.54, 1.807) is 20.8 Å². The number of aryl methyl sites for hydroxylation is 1. The highest BCUT2D eigenvalue weighted by Crippen LogP contribution is 2.14. The van der Waals surface area contributed by atoms with Gasteiger partial charge < -0.3 is 14.8 Å². The second-order valence-corrected chi connectivity index (χ2v) is 6.87. The molecule has 0 radical (unpaired) electrons. The first kappa shape index (κ1) is 20.3. The zero-order chi connectivity index (χ0) is 19.7. The number of nitrogens with one attached hydrogen (secondary N) is 1. The summed E-state index contributed by atoms with van der Waals surface area (Å²) in [5.41, 5.74) is 0.379. The first-order valence-electron chi connectivity index (χ1n) is 8.63. The quantitative estimate of drug-likeness (QED) is 0.756. The minimum absolute atomic E-state index is 0.154. The fraction of sp³-hybridized carbons (Fsp3) is 0.500. The van der Waals surface area contributed by atoms with Crippen LogP contribution in [0.1, 0.15) is 44.6 Å². The number of aromatic nitrogens is 4. The number of ether oxygens (including phenoxy) is 2. The maximum absolute atomic E-state index is 12.2. The summed E-state index contributed by atoms with van der Waals surface area (Å²) in [5.74, 6) is 0.407. The maximum Gasteiger partial charge on any atom is 0.408 e. The van der Waals surface area contributed by atoms with Crippen molar-refractivity contribution in [2.45, 2.75) is 52.0 Å². The fourth-order valence-electron chi connectivity index (χ4n) is 2.28. The Labute approximate surface area is 158 Å². The molecule has 144 valence electrons. The van der Waals surface area contributed by atoms with Crippen LogP contribution in [0.25, 0.3) is 0 Å². The van der Waals surface area contributed by atoms with Crippen LogP contribution in [0.15, 0.2) is 30.3 Å². The summed E-state index contributed by atoms with van der Waals surface area (Å²) in [6.07, 6.45) is -0.340. The van der Waals surface area contributed by atoms with Crippen molar-refractivity contribution in [3.8, 4) is 6.07 Å². The molecule has 0 saturated carbocycles. The summed E-state index contributed by atoms with van der Waals surface area (Å²) in [6.45, 7) is 6.21. The van der Waals surface area contributed by atoms with Crippen LogP contribution in [0, 0.1) is 11.3 Å². The molecule has 27 heavy (non-hydrogen) atoms. The Morgan fingerprint density at radius 2 is 2.07 bits per heavy atom. The summed E-state index contributed by atoms with van der Waals surface area (Å²) in [4.78, 5) is 12.2. The molecule has 2 rings (SSSR count). The Kier molecular flexibility index (Phi) is 7.25. The standard InChI is InChI=1S/C18H24N6O3/c1-18(2,3)27-17(25)20-15(13-26-12-14-8-5-4-6-9-14)16-21-22-23-24(16)11-7-10-19/h4-6,8-9,15H,7,11-13H2,1-3H3,(H,20,25)/t15-/m0/s1. The topological polar surface area (TPSA) is 115 Å². The third-order valence-corrected chi connectivity index (χ3v) is 3.39. The van der Waals surface area contributed by atoms with E-state index in [9.17, 15) is 4.79 Å². The average molecular weight is 372 g/mol. The molecule has 1 atom stereocenters. The van der Waals surface area contributed by atoms with E-state index >= 15 is 0 Å². The molecule has 9 heteroatoms. The summed E-state index contributed by atoms with van der Waals surface area (Å²) in [7, 11) is 0. The number of benzene rings is 1. The van der Waals surface area contributed by atoms with Gasteiger partial charge in [-0.3, -0.25) is 0 Å². The summed E-state index contributed by atoms with van der Waals surface area (Å²) in [5, 5.41) is 23.1. The molecule has 0 aliphatic carbocycles. The second-order valence-electron chi connectivity index (χ2n) is 6.87. The van der Waals surface area contributed by atoms with E-state index in [1.165, 1.54) is 4.68 Å². The number of tetrazole rings is 1. The molecule has 9 nitrogen and oxygen atoms in total. The first-order valence-corrected chi connectivity index (χ1v) is 8.63. The predicted octanol–water partition coefficient (Wildman–Crippen LogP) is 2.37. The first-order chi connectivity index (χ1) is 12.9. The Hall–Kier alpha value is -2.99. The lowest BCUT2D eigenvalue weighted by molar-refractivity contribution is 0.0417. The summed E-state index contributed by atoms with van der Waals surface area (Å²) < 4.78 is 12.6. The molecule has 1 amide bonds. The Bertz CT molecular complexity index is 763. The zero-order valence-corrected chi connectivity index (χ0v) is 15.8. The lowest BCUT2D eigenvalue weighted by atomic mass is 10.2. The normalized spacial score (nSPS) is 12.2. The van der Waals surface area contributed by atoms with Gasteiger partial charge in [0.1, 0.15) is 11.6 Å². The number of alkyl carbamates (subject to hydrolysis) is 1. The van der Waals surface area contributed by atoms with E-state index in [0.717, 1.165) is 5.56 Å². The smallest absolute Gasteiger partial charge is 0.408 e. The third-order valence-electron chi connectivity index (χ3n) is 3.39. The molecule has 1 aromatic carbocycles. The van der Waals surface area contributed by atoms with E-state index in [1.807, 2.05) is 36.4 Å². The monoisotopic (exact) mass is 372 g/mol. The van der Waals surface area contributed by atoms with Crippen LogP contribution in [-0.2, 0) is 22.6 Å². The van der Waals surface area contributed by atoms with Crippen molar-refractivity contribution in [2.24, 2.45) is 0 Å². The number of carbonyl (C=O) groups excluding carboxylic acids is 1.